The summed E-state index contributed by atoms with van der Waals surface area (Å²) in [5.74, 6) is 1.90. The third kappa shape index (κ3) is 4.17. The summed E-state index contributed by atoms with van der Waals surface area (Å²) in [4.78, 5) is 12.4. The fourth-order valence-electron chi connectivity index (χ4n) is 2.53. The van der Waals surface area contributed by atoms with Gasteiger partial charge in [0.25, 0.3) is 5.91 Å². The highest BCUT2D eigenvalue weighted by Crippen LogP contribution is 2.32. The molecule has 25 heavy (non-hydrogen) atoms. The molecular formula is C19H20ClNO4. The molecule has 0 aliphatic carbocycles. The van der Waals surface area contributed by atoms with Gasteiger partial charge in [-0.3, -0.25) is 4.79 Å². The van der Waals surface area contributed by atoms with Crippen molar-refractivity contribution in [3.8, 4) is 17.2 Å². The number of benzene rings is 2. The van der Waals surface area contributed by atoms with E-state index in [1.807, 2.05) is 38.1 Å². The van der Waals surface area contributed by atoms with Crippen molar-refractivity contribution in [1.82, 2.24) is 5.32 Å². The van der Waals surface area contributed by atoms with Crippen LogP contribution in [0.2, 0.25) is 5.02 Å². The molecule has 1 heterocycles. The first-order valence-electron chi connectivity index (χ1n) is 8.16. The first-order valence-corrected chi connectivity index (χ1v) is 8.53. The molecule has 0 radical (unpaired) electrons. The fourth-order valence-corrected chi connectivity index (χ4v) is 2.65. The number of hydrogen-bond acceptors (Lipinski definition) is 4. The number of nitrogens with one attached hydrogen (secondary N) is 1. The van der Waals surface area contributed by atoms with Crippen molar-refractivity contribution < 1.29 is 19.0 Å². The van der Waals surface area contributed by atoms with Crippen LogP contribution in [-0.2, 0) is 11.3 Å². The van der Waals surface area contributed by atoms with E-state index in [-0.39, 0.29) is 12.7 Å². The van der Waals surface area contributed by atoms with E-state index in [4.69, 9.17) is 25.8 Å². The number of hydrogen-bond donors (Lipinski definition) is 1. The first kappa shape index (κ1) is 17.4. The number of rotatable bonds is 6. The molecule has 132 valence electrons. The van der Waals surface area contributed by atoms with Crippen molar-refractivity contribution in [2.45, 2.75) is 32.9 Å². The van der Waals surface area contributed by atoms with Gasteiger partial charge in [0.2, 0.25) is 6.79 Å². The molecule has 0 spiro atoms. The summed E-state index contributed by atoms with van der Waals surface area (Å²) in [7, 11) is 0. The molecule has 0 unspecified atom stereocenters. The number of amides is 1. The second-order valence-corrected chi connectivity index (χ2v) is 6.24. The average Bonchev–Trinajstić information content (AvgIpc) is 3.08. The van der Waals surface area contributed by atoms with Crippen LogP contribution in [-0.4, -0.2) is 18.8 Å². The first-order chi connectivity index (χ1) is 12.1. The fraction of sp³-hybridized carbons (Fsp3) is 0.316. The molecule has 1 N–H and O–H groups in total. The van der Waals surface area contributed by atoms with E-state index in [0.717, 1.165) is 16.9 Å². The minimum Gasteiger partial charge on any atom is -0.481 e. The summed E-state index contributed by atoms with van der Waals surface area (Å²) >= 11 is 6.02. The van der Waals surface area contributed by atoms with E-state index in [9.17, 15) is 4.79 Å². The van der Waals surface area contributed by atoms with Gasteiger partial charge in [-0.05, 0) is 54.8 Å². The van der Waals surface area contributed by atoms with Gasteiger partial charge < -0.3 is 19.5 Å². The average molecular weight is 362 g/mol. The number of ether oxygens (including phenoxy) is 3. The third-order valence-corrected chi connectivity index (χ3v) is 4.40. The maximum absolute atomic E-state index is 12.4. The highest BCUT2D eigenvalue weighted by atomic mass is 35.5. The van der Waals surface area contributed by atoms with E-state index < -0.39 is 6.10 Å². The normalized spacial score (nSPS) is 13.4. The maximum Gasteiger partial charge on any atom is 0.261 e. The Morgan fingerprint density at radius 1 is 1.24 bits per heavy atom. The van der Waals surface area contributed by atoms with Crippen LogP contribution in [0, 0.1) is 6.92 Å². The van der Waals surface area contributed by atoms with Crippen molar-refractivity contribution in [3.63, 3.8) is 0 Å². The minimum atomic E-state index is -0.561. The molecule has 0 fully saturated rings. The van der Waals surface area contributed by atoms with Crippen molar-refractivity contribution in [2.75, 3.05) is 6.79 Å². The SMILES string of the molecule is CC[C@@H](Oc1ccc(Cl)c(C)c1)C(=O)NCc1ccc2c(c1)OCO2. The maximum atomic E-state index is 12.4. The molecule has 2 aromatic rings. The molecule has 1 amide bonds. The summed E-state index contributed by atoms with van der Waals surface area (Å²) in [6.07, 6.45) is 0.00356. The lowest BCUT2D eigenvalue weighted by atomic mass is 10.2. The van der Waals surface area contributed by atoms with Crippen LogP contribution >= 0.6 is 11.6 Å². The zero-order chi connectivity index (χ0) is 17.8. The molecular weight excluding hydrogens is 342 g/mol. The Morgan fingerprint density at radius 2 is 2.04 bits per heavy atom. The van der Waals surface area contributed by atoms with Crippen LogP contribution in [0.3, 0.4) is 0 Å². The lowest BCUT2D eigenvalue weighted by Gasteiger charge is -2.18. The monoisotopic (exact) mass is 361 g/mol. The van der Waals surface area contributed by atoms with Gasteiger partial charge >= 0.3 is 0 Å². The molecule has 1 atom stereocenters. The van der Waals surface area contributed by atoms with Crippen molar-refractivity contribution in [3.05, 3.63) is 52.5 Å². The van der Waals surface area contributed by atoms with Gasteiger partial charge in [-0.25, -0.2) is 0 Å². The van der Waals surface area contributed by atoms with E-state index in [0.29, 0.717) is 29.5 Å². The summed E-state index contributed by atoms with van der Waals surface area (Å²) < 4.78 is 16.4. The minimum absolute atomic E-state index is 0.159. The molecule has 0 aromatic heterocycles. The van der Waals surface area contributed by atoms with Gasteiger partial charge in [0.1, 0.15) is 5.75 Å². The Hall–Kier alpha value is -2.40. The Labute approximate surface area is 151 Å². The topological polar surface area (TPSA) is 56.8 Å². The summed E-state index contributed by atoms with van der Waals surface area (Å²) in [6.45, 7) is 4.44. The molecule has 1 aliphatic heterocycles. The lowest BCUT2D eigenvalue weighted by Crippen LogP contribution is -2.37. The Morgan fingerprint density at radius 3 is 2.80 bits per heavy atom. The van der Waals surface area contributed by atoms with Crippen LogP contribution in [0.5, 0.6) is 17.2 Å². The third-order valence-electron chi connectivity index (χ3n) is 3.97. The largest absolute Gasteiger partial charge is 0.481 e. The summed E-state index contributed by atoms with van der Waals surface area (Å²) in [5, 5.41) is 3.57. The van der Waals surface area contributed by atoms with Crippen LogP contribution in [0.4, 0.5) is 0 Å². The van der Waals surface area contributed by atoms with Gasteiger partial charge in [-0.2, -0.15) is 0 Å². The van der Waals surface area contributed by atoms with Gasteiger partial charge in [0, 0.05) is 11.6 Å². The van der Waals surface area contributed by atoms with Gasteiger partial charge in [-0.1, -0.05) is 24.6 Å². The molecule has 1 aliphatic rings. The molecule has 3 rings (SSSR count). The standard InChI is InChI=1S/C19H20ClNO4/c1-3-16(25-14-5-6-15(20)12(2)8-14)19(22)21-10-13-4-7-17-18(9-13)24-11-23-17/h4-9,16H,3,10-11H2,1-2H3,(H,21,22)/t16-/m1/s1. The van der Waals surface area contributed by atoms with Crippen LogP contribution in [0.15, 0.2) is 36.4 Å². The molecule has 0 bridgehead atoms. The second-order valence-electron chi connectivity index (χ2n) is 5.83. The van der Waals surface area contributed by atoms with E-state index in [2.05, 4.69) is 5.32 Å². The lowest BCUT2D eigenvalue weighted by molar-refractivity contribution is -0.128. The zero-order valence-corrected chi connectivity index (χ0v) is 14.9. The van der Waals surface area contributed by atoms with Gasteiger partial charge in [-0.15, -0.1) is 0 Å². The highest BCUT2D eigenvalue weighted by molar-refractivity contribution is 6.31. The van der Waals surface area contributed by atoms with Crippen molar-refractivity contribution in [2.24, 2.45) is 0 Å². The number of fused-ring (bicyclic) bond motifs is 1. The smallest absolute Gasteiger partial charge is 0.261 e. The zero-order valence-electron chi connectivity index (χ0n) is 14.2. The molecule has 6 heteroatoms. The van der Waals surface area contributed by atoms with Crippen molar-refractivity contribution in [1.29, 1.82) is 0 Å². The Kier molecular flexibility index (Phi) is 5.34. The number of carbonyl (C=O) groups is 1. The number of halogens is 1. The Balaban J connectivity index is 1.59. The quantitative estimate of drug-likeness (QED) is 0.849. The van der Waals surface area contributed by atoms with E-state index in [1.54, 1.807) is 12.1 Å². The number of aryl methyl sites for hydroxylation is 1. The second kappa shape index (κ2) is 7.66. The van der Waals surface area contributed by atoms with Gasteiger partial charge in [0.05, 0.1) is 0 Å². The predicted molar refractivity (Wildman–Crippen MR) is 95.3 cm³/mol. The summed E-state index contributed by atoms with van der Waals surface area (Å²) in [6, 6.07) is 11.0. The van der Waals surface area contributed by atoms with E-state index >= 15 is 0 Å². The Bertz CT molecular complexity index is 778. The predicted octanol–water partition coefficient (Wildman–Crippen LogP) is 3.85. The van der Waals surface area contributed by atoms with Crippen molar-refractivity contribution >= 4 is 17.5 Å². The molecule has 0 saturated heterocycles. The van der Waals surface area contributed by atoms with Crippen LogP contribution in [0.25, 0.3) is 0 Å². The highest BCUT2D eigenvalue weighted by Gasteiger charge is 2.19. The van der Waals surface area contributed by atoms with Crippen LogP contribution in [0.1, 0.15) is 24.5 Å². The van der Waals surface area contributed by atoms with E-state index in [1.165, 1.54) is 0 Å². The molecule has 5 nitrogen and oxygen atoms in total. The number of carbonyl (C=O) groups excluding carboxylic acids is 1. The van der Waals surface area contributed by atoms with Crippen LogP contribution < -0.4 is 19.5 Å². The van der Waals surface area contributed by atoms with Gasteiger partial charge in [0.15, 0.2) is 17.6 Å². The molecule has 2 aromatic carbocycles. The summed E-state index contributed by atoms with van der Waals surface area (Å²) in [5.41, 5.74) is 1.85. The molecule has 0 saturated carbocycles.